The summed E-state index contributed by atoms with van der Waals surface area (Å²) in [6.07, 6.45) is 3.16. The number of aliphatic imine (C=N–C) groups is 1. The van der Waals surface area contributed by atoms with E-state index in [1.165, 1.54) is 17.7 Å². The van der Waals surface area contributed by atoms with Gasteiger partial charge < -0.3 is 19.2 Å². The van der Waals surface area contributed by atoms with Crippen molar-refractivity contribution in [3.63, 3.8) is 0 Å². The van der Waals surface area contributed by atoms with Crippen LogP contribution in [0.15, 0.2) is 45.6 Å². The van der Waals surface area contributed by atoms with Gasteiger partial charge in [0.15, 0.2) is 0 Å². The van der Waals surface area contributed by atoms with Gasteiger partial charge >= 0.3 is 7.12 Å². The highest BCUT2D eigenvalue weighted by Gasteiger charge is 2.54. The van der Waals surface area contributed by atoms with Crippen molar-refractivity contribution in [2.45, 2.75) is 76.0 Å². The van der Waals surface area contributed by atoms with E-state index in [-0.39, 0.29) is 6.10 Å². The van der Waals surface area contributed by atoms with E-state index in [0.717, 1.165) is 34.5 Å². The number of nitrogens with zero attached hydrogens (tertiary/aromatic N) is 3. The molecule has 0 amide bonds. The minimum absolute atomic E-state index is 0.260. The molecule has 3 unspecified atom stereocenters. The van der Waals surface area contributed by atoms with Crippen molar-refractivity contribution in [3.8, 4) is 0 Å². The van der Waals surface area contributed by atoms with Crippen LogP contribution in [0.1, 0.15) is 69.1 Å². The quantitative estimate of drug-likeness (QED) is 0.584. The number of aliphatic hydroxyl groups excluding tert-OH is 1. The minimum Gasteiger partial charge on any atom is -0.399 e. The number of azo groups is 1. The van der Waals surface area contributed by atoms with Crippen LogP contribution >= 0.6 is 22.9 Å². The summed E-state index contributed by atoms with van der Waals surface area (Å²) >= 11 is 7.58. The number of rotatable bonds is 5. The third-order valence-corrected chi connectivity index (χ3v) is 8.76. The fourth-order valence-electron chi connectivity index (χ4n) is 4.53. The van der Waals surface area contributed by atoms with Crippen LogP contribution in [0.4, 0.5) is 0 Å². The summed E-state index contributed by atoms with van der Waals surface area (Å²) in [5, 5.41) is 20.8. The largest absolute Gasteiger partial charge is 0.505 e. The Balaban J connectivity index is 1.61. The Morgan fingerprint density at radius 2 is 1.82 bits per heavy atom. The molecule has 2 fully saturated rings. The predicted molar refractivity (Wildman–Crippen MR) is 134 cm³/mol. The van der Waals surface area contributed by atoms with Crippen LogP contribution in [0.2, 0.25) is 5.02 Å². The van der Waals surface area contributed by atoms with E-state index < -0.39 is 30.1 Å². The Morgan fingerprint density at radius 1 is 1.12 bits per heavy atom. The van der Waals surface area contributed by atoms with Crippen LogP contribution in [0, 0.1) is 0 Å². The molecule has 0 bridgehead atoms. The van der Waals surface area contributed by atoms with E-state index in [0.29, 0.717) is 17.2 Å². The Hall–Kier alpha value is -1.62. The maximum atomic E-state index is 11.5. The maximum Gasteiger partial charge on any atom is 0.505 e. The van der Waals surface area contributed by atoms with Crippen LogP contribution in [0.25, 0.3) is 0 Å². The second-order valence-electron chi connectivity index (χ2n) is 10.0. The number of halogens is 1. The summed E-state index contributed by atoms with van der Waals surface area (Å²) in [4.78, 5) is 5.52. The molecule has 1 N–H and O–H groups in total. The number of ether oxygens (including phenoxy) is 1. The van der Waals surface area contributed by atoms with Gasteiger partial charge in [-0.25, -0.2) is 4.99 Å². The van der Waals surface area contributed by atoms with Crippen LogP contribution in [0.3, 0.4) is 0 Å². The molecule has 3 aliphatic heterocycles. The van der Waals surface area contributed by atoms with Crippen molar-refractivity contribution >= 4 is 41.2 Å². The summed E-state index contributed by atoms with van der Waals surface area (Å²) in [5.41, 5.74) is -0.569. The SMILES string of the molecule is CC1(C)OB(c2cc(C(O)c3ccc(Cl)cc3)c(C3(C4CCCCO4)N=CN=N3)s2)OC1(C)C. The smallest absolute Gasteiger partial charge is 0.399 e. The molecule has 0 spiro atoms. The Labute approximate surface area is 209 Å². The van der Waals surface area contributed by atoms with E-state index >= 15 is 0 Å². The Kier molecular flexibility index (Phi) is 6.24. The van der Waals surface area contributed by atoms with Gasteiger partial charge in [-0.3, -0.25) is 0 Å². The van der Waals surface area contributed by atoms with Gasteiger partial charge in [0.25, 0.3) is 0 Å². The zero-order valence-electron chi connectivity index (χ0n) is 19.8. The zero-order valence-corrected chi connectivity index (χ0v) is 21.4. The lowest BCUT2D eigenvalue weighted by atomic mass is 9.85. The molecule has 0 saturated carbocycles. The highest BCUT2D eigenvalue weighted by atomic mass is 35.5. The first-order valence-corrected chi connectivity index (χ1v) is 12.8. The summed E-state index contributed by atoms with van der Waals surface area (Å²) in [5.74, 6) is 0. The molecule has 180 valence electrons. The summed E-state index contributed by atoms with van der Waals surface area (Å²) in [7, 11) is -0.563. The van der Waals surface area contributed by atoms with Gasteiger partial charge in [-0.05, 0) is 70.7 Å². The number of benzene rings is 1. The molecule has 5 rings (SSSR count). The molecule has 10 heteroatoms. The average molecular weight is 502 g/mol. The molecule has 1 aromatic heterocycles. The first kappa shape index (κ1) is 24.1. The number of aliphatic hydroxyl groups is 1. The molecule has 34 heavy (non-hydrogen) atoms. The Morgan fingerprint density at radius 3 is 2.41 bits per heavy atom. The van der Waals surface area contributed by atoms with Gasteiger partial charge in [-0.15, -0.1) is 21.6 Å². The molecule has 0 radical (unpaired) electrons. The second-order valence-corrected chi connectivity index (χ2v) is 11.5. The van der Waals surface area contributed by atoms with Gasteiger partial charge in [-0.2, -0.15) is 0 Å². The molecule has 3 aliphatic rings. The zero-order chi connectivity index (χ0) is 24.1. The standard InChI is InChI=1S/C24H29BClN3O4S/c1-22(2)23(3,4)33-25(32-22)19-13-17(20(30)15-8-10-16(26)11-9-15)21(34-19)24(27-14-28-29-24)18-7-5-6-12-31-18/h8-11,13-14,18,20,30H,5-7,12H2,1-4H3. The molecule has 3 atom stereocenters. The molecule has 1 aromatic carbocycles. The highest BCUT2D eigenvalue weighted by molar-refractivity contribution is 7.22. The van der Waals surface area contributed by atoms with Crippen molar-refractivity contribution in [3.05, 3.63) is 51.4 Å². The summed E-state index contributed by atoms with van der Waals surface area (Å²) in [6, 6.07) is 9.15. The normalized spacial score (nSPS) is 28.5. The minimum atomic E-state index is -1.03. The van der Waals surface area contributed by atoms with Gasteiger partial charge in [-0.1, -0.05) is 23.7 Å². The van der Waals surface area contributed by atoms with Gasteiger partial charge in [0.05, 0.1) is 16.1 Å². The van der Waals surface area contributed by atoms with Crippen molar-refractivity contribution in [2.24, 2.45) is 15.2 Å². The molecular formula is C24H29BClN3O4S. The third-order valence-electron chi connectivity index (χ3n) is 7.22. The van der Waals surface area contributed by atoms with E-state index in [1.807, 2.05) is 45.9 Å². The highest BCUT2D eigenvalue weighted by Crippen LogP contribution is 2.46. The third kappa shape index (κ3) is 4.06. The topological polar surface area (TPSA) is 85.0 Å². The van der Waals surface area contributed by atoms with Gasteiger partial charge in [0.1, 0.15) is 18.5 Å². The van der Waals surface area contributed by atoms with E-state index in [4.69, 9.17) is 30.6 Å². The summed E-state index contributed by atoms with van der Waals surface area (Å²) in [6.45, 7) is 8.76. The van der Waals surface area contributed by atoms with Gasteiger partial charge in [0, 0.05) is 22.0 Å². The fraction of sp³-hybridized carbons (Fsp3) is 0.542. The van der Waals surface area contributed by atoms with Crippen LogP contribution < -0.4 is 4.78 Å². The van der Waals surface area contributed by atoms with Gasteiger partial charge in [0.2, 0.25) is 5.66 Å². The molecule has 7 nitrogen and oxygen atoms in total. The fourth-order valence-corrected chi connectivity index (χ4v) is 5.93. The molecular weight excluding hydrogens is 473 g/mol. The van der Waals surface area contributed by atoms with E-state index in [1.54, 1.807) is 12.1 Å². The number of hydrogen-bond donors (Lipinski definition) is 1. The molecule has 4 heterocycles. The van der Waals surface area contributed by atoms with Crippen LogP contribution in [-0.4, -0.2) is 42.5 Å². The average Bonchev–Trinajstić information content (AvgIpc) is 3.51. The maximum absolute atomic E-state index is 11.5. The lowest BCUT2D eigenvalue weighted by molar-refractivity contribution is -0.0311. The molecule has 2 aromatic rings. The van der Waals surface area contributed by atoms with E-state index in [2.05, 4.69) is 10.2 Å². The number of thiophene rings is 1. The lowest BCUT2D eigenvalue weighted by Gasteiger charge is -2.34. The predicted octanol–water partition coefficient (Wildman–Crippen LogP) is 5.00. The molecule has 2 saturated heterocycles. The molecule has 0 aliphatic carbocycles. The van der Waals surface area contributed by atoms with E-state index in [9.17, 15) is 5.11 Å². The van der Waals surface area contributed by atoms with Crippen LogP contribution in [-0.2, 0) is 19.7 Å². The van der Waals surface area contributed by atoms with Crippen molar-refractivity contribution < 1.29 is 19.2 Å². The van der Waals surface area contributed by atoms with Crippen molar-refractivity contribution in [2.75, 3.05) is 6.61 Å². The summed E-state index contributed by atoms with van der Waals surface area (Å²) < 4.78 is 19.7. The van der Waals surface area contributed by atoms with Crippen molar-refractivity contribution in [1.82, 2.24) is 0 Å². The number of hydrogen-bond acceptors (Lipinski definition) is 8. The lowest BCUT2D eigenvalue weighted by Crippen LogP contribution is -2.41. The first-order valence-electron chi connectivity index (χ1n) is 11.6. The van der Waals surface area contributed by atoms with Crippen LogP contribution in [0.5, 0.6) is 0 Å². The Bertz CT molecular complexity index is 1080. The second kappa shape index (κ2) is 8.80. The monoisotopic (exact) mass is 501 g/mol. The van der Waals surface area contributed by atoms with Crippen molar-refractivity contribution in [1.29, 1.82) is 0 Å². The first-order chi connectivity index (χ1) is 16.1.